The monoisotopic (exact) mass is 339 g/mol. The second kappa shape index (κ2) is 6.64. The molecule has 1 aliphatic heterocycles. The van der Waals surface area contributed by atoms with Crippen molar-refractivity contribution in [2.24, 2.45) is 10.7 Å². The number of nitrogens with zero attached hydrogens (tertiary/aromatic N) is 1. The van der Waals surface area contributed by atoms with E-state index in [-0.39, 0.29) is 12.5 Å². The predicted molar refractivity (Wildman–Crippen MR) is 93.6 cm³/mol. The van der Waals surface area contributed by atoms with Crippen LogP contribution >= 0.6 is 0 Å². The van der Waals surface area contributed by atoms with Crippen molar-refractivity contribution in [2.45, 2.75) is 0 Å². The molecule has 0 unspecified atom stereocenters. The summed E-state index contributed by atoms with van der Waals surface area (Å²) in [7, 11) is 3.06. The summed E-state index contributed by atoms with van der Waals surface area (Å²) in [5, 5.41) is 2.80. The number of rotatable bonds is 4. The van der Waals surface area contributed by atoms with E-state index in [2.05, 4.69) is 10.3 Å². The lowest BCUT2D eigenvalue weighted by atomic mass is 9.97. The van der Waals surface area contributed by atoms with E-state index in [0.29, 0.717) is 39.6 Å². The zero-order chi connectivity index (χ0) is 18.0. The molecule has 0 spiro atoms. The summed E-state index contributed by atoms with van der Waals surface area (Å²) >= 11 is 0. The minimum Gasteiger partial charge on any atom is -0.497 e. The summed E-state index contributed by atoms with van der Waals surface area (Å²) < 4.78 is 10.7. The first-order valence-corrected chi connectivity index (χ1v) is 7.54. The van der Waals surface area contributed by atoms with E-state index >= 15 is 0 Å². The molecule has 25 heavy (non-hydrogen) atoms. The van der Waals surface area contributed by atoms with Gasteiger partial charge in [-0.1, -0.05) is 12.1 Å². The molecule has 2 amide bonds. The fraction of sp³-hybridized carbons (Fsp3) is 0.167. The first-order chi connectivity index (χ1) is 12.0. The predicted octanol–water partition coefficient (Wildman–Crippen LogP) is 1.59. The van der Waals surface area contributed by atoms with Gasteiger partial charge in [-0.2, -0.15) is 0 Å². The Labute approximate surface area is 144 Å². The molecule has 0 atom stereocenters. The number of hydrogen-bond donors (Lipinski definition) is 2. The summed E-state index contributed by atoms with van der Waals surface area (Å²) in [5.41, 5.74) is 8.08. The molecule has 0 radical (unpaired) electrons. The normalized spacial score (nSPS) is 13.2. The van der Waals surface area contributed by atoms with Gasteiger partial charge in [0.25, 0.3) is 0 Å². The molecule has 0 aliphatic carbocycles. The highest BCUT2D eigenvalue weighted by Gasteiger charge is 2.23. The zero-order valence-electron chi connectivity index (χ0n) is 13.8. The fourth-order valence-corrected chi connectivity index (χ4v) is 2.69. The minimum absolute atomic E-state index is 0.0454. The minimum atomic E-state index is -0.535. The molecule has 0 bridgehead atoms. The summed E-state index contributed by atoms with van der Waals surface area (Å²) in [6.45, 7) is -0.0454. The number of ether oxygens (including phenoxy) is 2. The van der Waals surface area contributed by atoms with E-state index in [1.165, 1.54) is 14.2 Å². The molecule has 0 saturated carbocycles. The van der Waals surface area contributed by atoms with Gasteiger partial charge in [0.2, 0.25) is 11.8 Å². The molecule has 2 aromatic carbocycles. The number of hydrogen-bond acceptors (Lipinski definition) is 5. The smallest absolute Gasteiger partial charge is 0.248 e. The van der Waals surface area contributed by atoms with Crippen LogP contribution in [0.25, 0.3) is 0 Å². The van der Waals surface area contributed by atoms with Gasteiger partial charge in [-0.3, -0.25) is 14.6 Å². The van der Waals surface area contributed by atoms with Crippen molar-refractivity contribution in [1.82, 2.24) is 0 Å². The molecule has 0 saturated heterocycles. The summed E-state index contributed by atoms with van der Waals surface area (Å²) in [4.78, 5) is 27.9. The Balaban J connectivity index is 2.24. The van der Waals surface area contributed by atoms with E-state index < -0.39 is 5.91 Å². The summed E-state index contributed by atoms with van der Waals surface area (Å²) in [6.07, 6.45) is 0. The third-order valence-electron chi connectivity index (χ3n) is 3.84. The Morgan fingerprint density at radius 3 is 2.68 bits per heavy atom. The first-order valence-electron chi connectivity index (χ1n) is 7.54. The molecule has 7 nitrogen and oxygen atoms in total. The molecule has 2 aromatic rings. The molecule has 128 valence electrons. The molecule has 1 aliphatic rings. The maximum absolute atomic E-state index is 12.0. The van der Waals surface area contributed by atoms with Gasteiger partial charge in [0.1, 0.15) is 18.0 Å². The highest BCUT2D eigenvalue weighted by molar-refractivity contribution is 6.21. The van der Waals surface area contributed by atoms with Crippen LogP contribution in [0.3, 0.4) is 0 Å². The summed E-state index contributed by atoms with van der Waals surface area (Å²) in [6, 6.07) is 10.2. The number of nitrogens with one attached hydrogen (secondary N) is 1. The number of carbonyl (C=O) groups is 2. The third kappa shape index (κ3) is 3.16. The second-order valence-electron chi connectivity index (χ2n) is 5.41. The van der Waals surface area contributed by atoms with E-state index in [9.17, 15) is 9.59 Å². The van der Waals surface area contributed by atoms with Gasteiger partial charge in [0, 0.05) is 23.3 Å². The van der Waals surface area contributed by atoms with Crippen molar-refractivity contribution >= 4 is 23.2 Å². The maximum atomic E-state index is 12.0. The van der Waals surface area contributed by atoms with Crippen molar-refractivity contribution in [3.63, 3.8) is 0 Å². The van der Waals surface area contributed by atoms with Gasteiger partial charge in [-0.05, 0) is 12.1 Å². The van der Waals surface area contributed by atoms with Gasteiger partial charge in [0.15, 0.2) is 0 Å². The van der Waals surface area contributed by atoms with Crippen LogP contribution in [0, 0.1) is 0 Å². The molecule has 0 aromatic heterocycles. The SMILES string of the molecule is COc1cc2c(c(OC)c1)C(c1cccc(C(N)=O)c1)=NCC(=O)N2. The number of aliphatic imine (C=N–C) groups is 1. The van der Waals surface area contributed by atoms with E-state index in [1.807, 2.05) is 0 Å². The molecule has 1 heterocycles. The van der Waals surface area contributed by atoms with Crippen LogP contribution in [0.15, 0.2) is 41.4 Å². The van der Waals surface area contributed by atoms with Crippen LogP contribution in [0.4, 0.5) is 5.69 Å². The van der Waals surface area contributed by atoms with E-state index in [4.69, 9.17) is 15.2 Å². The standard InChI is InChI=1S/C18H17N3O4/c1-24-12-7-13-16(14(8-12)25-2)17(20-9-15(22)21-13)10-4-3-5-11(6-10)18(19)23/h3-8H,9H2,1-2H3,(H2,19,23)(H,21,22). The van der Waals surface area contributed by atoms with Gasteiger partial charge in [0.05, 0.1) is 31.2 Å². The van der Waals surface area contributed by atoms with Crippen LogP contribution in [0.2, 0.25) is 0 Å². The highest BCUT2D eigenvalue weighted by atomic mass is 16.5. The van der Waals surface area contributed by atoms with Crippen molar-refractivity contribution in [2.75, 3.05) is 26.1 Å². The van der Waals surface area contributed by atoms with Crippen LogP contribution in [-0.4, -0.2) is 38.3 Å². The number of anilines is 1. The topological polar surface area (TPSA) is 103 Å². The second-order valence-corrected chi connectivity index (χ2v) is 5.41. The van der Waals surface area contributed by atoms with Crippen LogP contribution in [0.5, 0.6) is 11.5 Å². The number of benzodiazepines with no additional fused rings is 1. The highest BCUT2D eigenvalue weighted by Crippen LogP contribution is 2.35. The lowest BCUT2D eigenvalue weighted by Crippen LogP contribution is -2.14. The lowest BCUT2D eigenvalue weighted by Gasteiger charge is -2.16. The number of benzene rings is 2. The Morgan fingerprint density at radius 2 is 2.00 bits per heavy atom. The van der Waals surface area contributed by atoms with Crippen LogP contribution in [-0.2, 0) is 4.79 Å². The zero-order valence-corrected chi connectivity index (χ0v) is 13.8. The Hall–Kier alpha value is -3.35. The van der Waals surface area contributed by atoms with Gasteiger partial charge < -0.3 is 20.5 Å². The first kappa shape index (κ1) is 16.5. The number of amides is 2. The molecule has 0 fully saturated rings. The Kier molecular flexibility index (Phi) is 4.38. The number of methoxy groups -OCH3 is 2. The van der Waals surface area contributed by atoms with Gasteiger partial charge in [-0.25, -0.2) is 0 Å². The van der Waals surface area contributed by atoms with E-state index in [0.717, 1.165) is 0 Å². The largest absolute Gasteiger partial charge is 0.497 e. The quantitative estimate of drug-likeness (QED) is 0.883. The molecular formula is C18H17N3O4. The summed E-state index contributed by atoms with van der Waals surface area (Å²) in [5.74, 6) is 0.257. The van der Waals surface area contributed by atoms with Gasteiger partial charge >= 0.3 is 0 Å². The molecular weight excluding hydrogens is 322 g/mol. The van der Waals surface area contributed by atoms with Crippen molar-refractivity contribution in [3.05, 3.63) is 53.1 Å². The third-order valence-corrected chi connectivity index (χ3v) is 3.84. The van der Waals surface area contributed by atoms with Gasteiger partial charge in [-0.15, -0.1) is 0 Å². The average Bonchev–Trinajstić information content (AvgIpc) is 2.79. The number of carbonyl (C=O) groups excluding carboxylic acids is 2. The van der Waals surface area contributed by atoms with Crippen LogP contribution in [0.1, 0.15) is 21.5 Å². The Bertz CT molecular complexity index is 890. The van der Waals surface area contributed by atoms with Crippen molar-refractivity contribution in [1.29, 1.82) is 0 Å². The average molecular weight is 339 g/mol. The fourth-order valence-electron chi connectivity index (χ4n) is 2.69. The van der Waals surface area contributed by atoms with Crippen molar-refractivity contribution < 1.29 is 19.1 Å². The molecule has 3 rings (SSSR count). The lowest BCUT2D eigenvalue weighted by molar-refractivity contribution is -0.114. The maximum Gasteiger partial charge on any atom is 0.248 e. The number of primary amides is 1. The van der Waals surface area contributed by atoms with E-state index in [1.54, 1.807) is 36.4 Å². The molecule has 3 N–H and O–H groups in total. The number of fused-ring (bicyclic) bond motifs is 1. The number of nitrogens with two attached hydrogens (primary N) is 1. The van der Waals surface area contributed by atoms with Crippen LogP contribution < -0.4 is 20.5 Å². The molecule has 7 heteroatoms. The van der Waals surface area contributed by atoms with Crippen molar-refractivity contribution in [3.8, 4) is 11.5 Å². The Morgan fingerprint density at radius 1 is 1.20 bits per heavy atom.